The first-order valence-electron chi connectivity index (χ1n) is 8.49. The fourth-order valence-electron chi connectivity index (χ4n) is 3.90. The Morgan fingerprint density at radius 3 is 2.48 bits per heavy atom. The molecule has 2 saturated heterocycles. The Balaban J connectivity index is 1.94. The van der Waals surface area contributed by atoms with Gasteiger partial charge in [0.05, 0.1) is 12.4 Å². The fraction of sp³-hybridized carbons (Fsp3) is 0.938. The van der Waals surface area contributed by atoms with Crippen molar-refractivity contribution in [1.82, 2.24) is 9.80 Å². The lowest BCUT2D eigenvalue weighted by atomic mass is 9.71. The first-order chi connectivity index (χ1) is 10.8. The maximum atomic E-state index is 11.7. The number of nitrogens with zero attached hydrogens (tertiary/aromatic N) is 2. The van der Waals surface area contributed by atoms with Gasteiger partial charge in [-0.05, 0) is 31.3 Å². The van der Waals surface area contributed by atoms with Crippen molar-refractivity contribution in [3.63, 3.8) is 0 Å². The SMILES string of the molecule is CCS(=O)(=O)CCN1CCC2(CC1)CN(C(C)=O)C[C@@H]2COC. The van der Waals surface area contributed by atoms with Crippen LogP contribution in [0.15, 0.2) is 0 Å². The molecule has 23 heavy (non-hydrogen) atoms. The van der Waals surface area contributed by atoms with Crippen LogP contribution in [0.4, 0.5) is 0 Å². The van der Waals surface area contributed by atoms with Crippen molar-refractivity contribution in [2.24, 2.45) is 11.3 Å². The number of amides is 1. The zero-order valence-corrected chi connectivity index (χ0v) is 15.4. The van der Waals surface area contributed by atoms with Gasteiger partial charge >= 0.3 is 0 Å². The predicted octanol–water partition coefficient (Wildman–Crippen LogP) is 0.628. The number of hydrogen-bond donors (Lipinski definition) is 0. The molecule has 2 fully saturated rings. The minimum atomic E-state index is -2.90. The molecular weight excluding hydrogens is 316 g/mol. The Labute approximate surface area is 140 Å². The van der Waals surface area contributed by atoms with Crippen molar-refractivity contribution in [3.8, 4) is 0 Å². The molecule has 0 aromatic heterocycles. The molecule has 2 aliphatic heterocycles. The van der Waals surface area contributed by atoms with Crippen LogP contribution in [0.1, 0.15) is 26.7 Å². The summed E-state index contributed by atoms with van der Waals surface area (Å²) in [6.07, 6.45) is 2.02. The largest absolute Gasteiger partial charge is 0.384 e. The lowest BCUT2D eigenvalue weighted by molar-refractivity contribution is -0.128. The summed E-state index contributed by atoms with van der Waals surface area (Å²) in [7, 11) is -1.18. The third-order valence-electron chi connectivity index (χ3n) is 5.64. The number of rotatable bonds is 6. The topological polar surface area (TPSA) is 66.9 Å². The van der Waals surface area contributed by atoms with E-state index in [9.17, 15) is 13.2 Å². The fourth-order valence-corrected chi connectivity index (χ4v) is 4.73. The van der Waals surface area contributed by atoms with Crippen molar-refractivity contribution in [2.75, 3.05) is 57.9 Å². The number of piperidine rings is 1. The second kappa shape index (κ2) is 7.49. The second-order valence-electron chi connectivity index (χ2n) is 6.99. The van der Waals surface area contributed by atoms with E-state index in [0.717, 1.165) is 39.0 Å². The third-order valence-corrected chi connectivity index (χ3v) is 7.32. The standard InChI is InChI=1S/C16H30N2O4S/c1-4-23(20,21)10-9-17-7-5-16(6-8-17)13-18(14(2)19)11-15(16)12-22-3/h15H,4-13H2,1-3H3/t15-/m1/s1. The Bertz CT molecular complexity index is 512. The van der Waals surface area contributed by atoms with Gasteiger partial charge in [0, 0.05) is 45.3 Å². The zero-order chi connectivity index (χ0) is 17.1. The van der Waals surface area contributed by atoms with Gasteiger partial charge in [-0.25, -0.2) is 8.42 Å². The summed E-state index contributed by atoms with van der Waals surface area (Å²) in [5, 5.41) is 0. The van der Waals surface area contributed by atoms with Gasteiger partial charge in [-0.15, -0.1) is 0 Å². The van der Waals surface area contributed by atoms with E-state index in [1.54, 1.807) is 21.0 Å². The van der Waals surface area contributed by atoms with E-state index < -0.39 is 9.84 Å². The molecule has 2 rings (SSSR count). The molecule has 7 heteroatoms. The molecule has 0 aliphatic carbocycles. The van der Waals surface area contributed by atoms with Gasteiger partial charge in [0.1, 0.15) is 0 Å². The van der Waals surface area contributed by atoms with E-state index in [4.69, 9.17) is 4.74 Å². The van der Waals surface area contributed by atoms with Crippen LogP contribution in [-0.2, 0) is 19.4 Å². The molecule has 0 bridgehead atoms. The van der Waals surface area contributed by atoms with Gasteiger partial charge < -0.3 is 14.5 Å². The second-order valence-corrected chi connectivity index (χ2v) is 9.46. The Morgan fingerprint density at radius 1 is 1.30 bits per heavy atom. The number of sulfone groups is 1. The smallest absolute Gasteiger partial charge is 0.219 e. The minimum absolute atomic E-state index is 0.138. The van der Waals surface area contributed by atoms with Gasteiger partial charge in [0.25, 0.3) is 0 Å². The van der Waals surface area contributed by atoms with Crippen LogP contribution < -0.4 is 0 Å². The van der Waals surface area contributed by atoms with Crippen molar-refractivity contribution in [3.05, 3.63) is 0 Å². The molecule has 0 aromatic rings. The monoisotopic (exact) mass is 346 g/mol. The van der Waals surface area contributed by atoms with E-state index in [0.29, 0.717) is 19.1 Å². The molecule has 0 N–H and O–H groups in total. The molecule has 0 aromatic carbocycles. The summed E-state index contributed by atoms with van der Waals surface area (Å²) in [6, 6.07) is 0. The van der Waals surface area contributed by atoms with Gasteiger partial charge in [-0.3, -0.25) is 4.79 Å². The third kappa shape index (κ3) is 4.45. The molecule has 6 nitrogen and oxygen atoms in total. The van der Waals surface area contributed by atoms with Crippen LogP contribution in [0.5, 0.6) is 0 Å². The van der Waals surface area contributed by atoms with Gasteiger partial charge in [0.15, 0.2) is 9.84 Å². The van der Waals surface area contributed by atoms with Gasteiger partial charge in [-0.1, -0.05) is 6.92 Å². The van der Waals surface area contributed by atoms with Crippen LogP contribution in [0, 0.1) is 11.3 Å². The molecule has 1 atom stereocenters. The highest BCUT2D eigenvalue weighted by atomic mass is 32.2. The Hall–Kier alpha value is -0.660. The number of carbonyl (C=O) groups excluding carboxylic acids is 1. The van der Waals surface area contributed by atoms with E-state index in [1.807, 2.05) is 4.90 Å². The average molecular weight is 346 g/mol. The van der Waals surface area contributed by atoms with E-state index in [1.165, 1.54) is 0 Å². The van der Waals surface area contributed by atoms with E-state index in [-0.39, 0.29) is 22.8 Å². The predicted molar refractivity (Wildman–Crippen MR) is 90.1 cm³/mol. The summed E-state index contributed by atoms with van der Waals surface area (Å²) < 4.78 is 28.7. The number of hydrogen-bond acceptors (Lipinski definition) is 5. The van der Waals surface area contributed by atoms with Gasteiger partial charge in [-0.2, -0.15) is 0 Å². The average Bonchev–Trinajstić information content (AvgIpc) is 2.86. The van der Waals surface area contributed by atoms with Crippen LogP contribution in [0.3, 0.4) is 0 Å². The molecule has 134 valence electrons. The highest BCUT2D eigenvalue weighted by Gasteiger charge is 2.48. The number of carbonyl (C=O) groups is 1. The van der Waals surface area contributed by atoms with E-state index in [2.05, 4.69) is 4.90 Å². The number of likely N-dealkylation sites (tertiary alicyclic amines) is 2. The lowest BCUT2D eigenvalue weighted by Gasteiger charge is -2.42. The van der Waals surface area contributed by atoms with Crippen molar-refractivity contribution < 1.29 is 17.9 Å². The zero-order valence-electron chi connectivity index (χ0n) is 14.6. The molecule has 2 heterocycles. The summed E-state index contributed by atoms with van der Waals surface area (Å²) in [4.78, 5) is 15.9. The highest BCUT2D eigenvalue weighted by Crippen LogP contribution is 2.44. The highest BCUT2D eigenvalue weighted by molar-refractivity contribution is 7.91. The summed E-state index contributed by atoms with van der Waals surface area (Å²) >= 11 is 0. The Morgan fingerprint density at radius 2 is 1.96 bits per heavy atom. The van der Waals surface area contributed by atoms with Crippen molar-refractivity contribution in [1.29, 1.82) is 0 Å². The number of methoxy groups -OCH3 is 1. The molecule has 0 unspecified atom stereocenters. The van der Waals surface area contributed by atoms with Crippen LogP contribution in [-0.4, -0.2) is 82.1 Å². The molecule has 1 spiro atoms. The van der Waals surface area contributed by atoms with Crippen LogP contribution >= 0.6 is 0 Å². The van der Waals surface area contributed by atoms with Crippen molar-refractivity contribution >= 4 is 15.7 Å². The van der Waals surface area contributed by atoms with Crippen LogP contribution in [0.25, 0.3) is 0 Å². The maximum Gasteiger partial charge on any atom is 0.219 e. The number of ether oxygens (including phenoxy) is 1. The quantitative estimate of drug-likeness (QED) is 0.706. The summed E-state index contributed by atoms with van der Waals surface area (Å²) in [5.41, 5.74) is 0.141. The molecule has 0 radical (unpaired) electrons. The first-order valence-corrected chi connectivity index (χ1v) is 10.3. The lowest BCUT2D eigenvalue weighted by Crippen LogP contribution is -2.46. The minimum Gasteiger partial charge on any atom is -0.384 e. The molecule has 0 saturated carbocycles. The molecule has 2 aliphatic rings. The molecular formula is C16H30N2O4S. The van der Waals surface area contributed by atoms with Crippen molar-refractivity contribution in [2.45, 2.75) is 26.7 Å². The Kier molecular flexibility index (Phi) is 6.08. The van der Waals surface area contributed by atoms with Crippen LogP contribution in [0.2, 0.25) is 0 Å². The first kappa shape index (κ1) is 18.7. The summed E-state index contributed by atoms with van der Waals surface area (Å²) in [6.45, 7) is 8.06. The molecule has 1 amide bonds. The summed E-state index contributed by atoms with van der Waals surface area (Å²) in [5.74, 6) is 0.989. The normalized spacial score (nSPS) is 25.2. The van der Waals surface area contributed by atoms with Gasteiger partial charge in [0.2, 0.25) is 5.91 Å². The van der Waals surface area contributed by atoms with E-state index >= 15 is 0 Å². The maximum absolute atomic E-state index is 11.7.